The Kier molecular flexibility index (Phi) is 4.59. The first kappa shape index (κ1) is 16.4. The van der Waals surface area contributed by atoms with Crippen LogP contribution in [-0.2, 0) is 11.3 Å². The fourth-order valence-electron chi connectivity index (χ4n) is 3.96. The summed E-state index contributed by atoms with van der Waals surface area (Å²) in [5.74, 6) is 2.26. The molecule has 0 radical (unpaired) electrons. The lowest BCUT2D eigenvalue weighted by molar-refractivity contribution is 0.0899. The SMILES string of the molecule is COc1cccc(CN2C[C@@H]3COC[C@]3(COc3cccnc3)C2)c1. The average molecular weight is 340 g/mol. The monoisotopic (exact) mass is 340 g/mol. The second kappa shape index (κ2) is 7.02. The van der Waals surface area contributed by atoms with E-state index in [1.807, 2.05) is 18.2 Å². The predicted octanol–water partition coefficient (Wildman–Crippen LogP) is 2.62. The Balaban J connectivity index is 1.42. The van der Waals surface area contributed by atoms with Gasteiger partial charge >= 0.3 is 0 Å². The third-order valence-corrected chi connectivity index (χ3v) is 5.29. The number of hydrogen-bond donors (Lipinski definition) is 0. The number of ether oxygens (including phenoxy) is 3. The summed E-state index contributed by atoms with van der Waals surface area (Å²) in [5.41, 5.74) is 1.36. The number of aromatic nitrogens is 1. The second-order valence-corrected chi connectivity index (χ2v) is 7.07. The first-order valence-electron chi connectivity index (χ1n) is 8.73. The largest absolute Gasteiger partial charge is 0.497 e. The van der Waals surface area contributed by atoms with E-state index in [-0.39, 0.29) is 5.41 Å². The summed E-state index contributed by atoms with van der Waals surface area (Å²) in [6.07, 6.45) is 3.53. The van der Waals surface area contributed by atoms with E-state index in [1.165, 1.54) is 5.56 Å². The van der Waals surface area contributed by atoms with Crippen LogP contribution < -0.4 is 9.47 Å². The molecule has 2 aromatic rings. The maximum Gasteiger partial charge on any atom is 0.137 e. The van der Waals surface area contributed by atoms with Gasteiger partial charge in [-0.15, -0.1) is 0 Å². The zero-order valence-corrected chi connectivity index (χ0v) is 14.6. The van der Waals surface area contributed by atoms with Crippen LogP contribution in [0.5, 0.6) is 11.5 Å². The van der Waals surface area contributed by atoms with Gasteiger partial charge in [-0.05, 0) is 29.8 Å². The van der Waals surface area contributed by atoms with Gasteiger partial charge in [0.15, 0.2) is 0 Å². The fourth-order valence-corrected chi connectivity index (χ4v) is 3.96. The van der Waals surface area contributed by atoms with Gasteiger partial charge in [-0.3, -0.25) is 9.88 Å². The molecule has 0 bridgehead atoms. The van der Waals surface area contributed by atoms with Gasteiger partial charge in [0.2, 0.25) is 0 Å². The fraction of sp³-hybridized carbons (Fsp3) is 0.450. The van der Waals surface area contributed by atoms with Gasteiger partial charge < -0.3 is 14.2 Å². The molecule has 0 amide bonds. The quantitative estimate of drug-likeness (QED) is 0.809. The van der Waals surface area contributed by atoms with Crippen molar-refractivity contribution in [3.05, 3.63) is 54.4 Å². The minimum absolute atomic E-state index is 0.0781. The number of hydrogen-bond acceptors (Lipinski definition) is 5. The second-order valence-electron chi connectivity index (χ2n) is 7.07. The molecule has 25 heavy (non-hydrogen) atoms. The van der Waals surface area contributed by atoms with Crippen LogP contribution in [0, 0.1) is 11.3 Å². The van der Waals surface area contributed by atoms with Crippen molar-refractivity contribution in [3.63, 3.8) is 0 Å². The van der Waals surface area contributed by atoms with Crippen LogP contribution >= 0.6 is 0 Å². The normalized spacial score (nSPS) is 25.7. The molecule has 0 unspecified atom stereocenters. The topological polar surface area (TPSA) is 43.8 Å². The third-order valence-electron chi connectivity index (χ3n) is 5.29. The number of fused-ring (bicyclic) bond motifs is 1. The van der Waals surface area contributed by atoms with Crippen LogP contribution in [0.2, 0.25) is 0 Å². The first-order valence-corrected chi connectivity index (χ1v) is 8.73. The highest BCUT2D eigenvalue weighted by atomic mass is 16.5. The van der Waals surface area contributed by atoms with E-state index in [0.29, 0.717) is 12.5 Å². The van der Waals surface area contributed by atoms with Gasteiger partial charge in [0.05, 0.1) is 33.1 Å². The molecule has 2 saturated heterocycles. The van der Waals surface area contributed by atoms with E-state index in [9.17, 15) is 0 Å². The molecule has 0 N–H and O–H groups in total. The minimum Gasteiger partial charge on any atom is -0.497 e. The summed E-state index contributed by atoms with van der Waals surface area (Å²) in [4.78, 5) is 6.63. The lowest BCUT2D eigenvalue weighted by Crippen LogP contribution is -2.36. The predicted molar refractivity (Wildman–Crippen MR) is 94.7 cm³/mol. The van der Waals surface area contributed by atoms with Crippen LogP contribution in [-0.4, -0.2) is 49.9 Å². The van der Waals surface area contributed by atoms with Gasteiger partial charge in [-0.2, -0.15) is 0 Å². The van der Waals surface area contributed by atoms with E-state index in [1.54, 1.807) is 19.5 Å². The van der Waals surface area contributed by atoms with Crippen LogP contribution in [0.3, 0.4) is 0 Å². The van der Waals surface area contributed by atoms with Gasteiger partial charge in [0.25, 0.3) is 0 Å². The highest BCUT2D eigenvalue weighted by Crippen LogP contribution is 2.42. The Morgan fingerprint density at radius 2 is 2.20 bits per heavy atom. The number of methoxy groups -OCH3 is 1. The summed E-state index contributed by atoms with van der Waals surface area (Å²) in [5, 5.41) is 0. The molecule has 5 heteroatoms. The van der Waals surface area contributed by atoms with E-state index >= 15 is 0 Å². The highest BCUT2D eigenvalue weighted by molar-refractivity contribution is 5.28. The number of rotatable bonds is 6. The number of nitrogens with zero attached hydrogens (tertiary/aromatic N) is 2. The van der Waals surface area contributed by atoms with Crippen LogP contribution in [0.25, 0.3) is 0 Å². The van der Waals surface area contributed by atoms with Crippen molar-refractivity contribution < 1.29 is 14.2 Å². The Morgan fingerprint density at radius 3 is 3.04 bits per heavy atom. The number of pyridine rings is 1. The highest BCUT2D eigenvalue weighted by Gasteiger charge is 2.51. The van der Waals surface area contributed by atoms with Crippen molar-refractivity contribution >= 4 is 0 Å². The Labute approximate surface area is 148 Å². The lowest BCUT2D eigenvalue weighted by atomic mass is 9.82. The van der Waals surface area contributed by atoms with E-state index in [4.69, 9.17) is 14.2 Å². The van der Waals surface area contributed by atoms with Crippen molar-refractivity contribution in [2.45, 2.75) is 6.54 Å². The minimum atomic E-state index is 0.0781. The van der Waals surface area contributed by atoms with E-state index < -0.39 is 0 Å². The van der Waals surface area contributed by atoms with Crippen LogP contribution in [0.4, 0.5) is 0 Å². The van der Waals surface area contributed by atoms with Crippen molar-refractivity contribution in [2.75, 3.05) is 40.0 Å². The summed E-state index contributed by atoms with van der Waals surface area (Å²) < 4.78 is 17.2. The molecule has 0 aliphatic carbocycles. The van der Waals surface area contributed by atoms with Gasteiger partial charge in [-0.1, -0.05) is 12.1 Å². The molecule has 2 aliphatic heterocycles. The van der Waals surface area contributed by atoms with Crippen molar-refractivity contribution in [1.29, 1.82) is 0 Å². The molecule has 2 fully saturated rings. The van der Waals surface area contributed by atoms with Gasteiger partial charge in [0, 0.05) is 37.2 Å². The third kappa shape index (κ3) is 3.48. The molecule has 0 saturated carbocycles. The standard InChI is InChI=1S/C20H24N2O3/c1-23-18-5-2-4-16(8-18)10-22-11-17-12-24-14-20(17,13-22)15-25-19-6-3-7-21-9-19/h2-9,17H,10-15H2,1H3/t17-,20+/m1/s1. The summed E-state index contributed by atoms with van der Waals surface area (Å²) in [6.45, 7) is 5.25. The molecular weight excluding hydrogens is 316 g/mol. The molecule has 132 valence electrons. The van der Waals surface area contributed by atoms with Crippen molar-refractivity contribution in [1.82, 2.24) is 9.88 Å². The summed E-state index contributed by atoms with van der Waals surface area (Å²) in [7, 11) is 1.71. The molecule has 2 atom stereocenters. The van der Waals surface area contributed by atoms with Gasteiger partial charge in [-0.25, -0.2) is 0 Å². The molecule has 5 nitrogen and oxygen atoms in total. The lowest BCUT2D eigenvalue weighted by Gasteiger charge is -2.27. The molecule has 4 rings (SSSR count). The zero-order chi connectivity index (χ0) is 17.1. The molecule has 1 aromatic carbocycles. The first-order chi connectivity index (χ1) is 12.3. The van der Waals surface area contributed by atoms with Gasteiger partial charge in [0.1, 0.15) is 11.5 Å². The van der Waals surface area contributed by atoms with E-state index in [0.717, 1.165) is 44.3 Å². The maximum atomic E-state index is 6.04. The molecule has 0 spiro atoms. The summed E-state index contributed by atoms with van der Waals surface area (Å²) >= 11 is 0. The van der Waals surface area contributed by atoms with Crippen molar-refractivity contribution in [2.24, 2.45) is 11.3 Å². The molecule has 3 heterocycles. The number of likely N-dealkylation sites (tertiary alicyclic amines) is 1. The maximum absolute atomic E-state index is 6.04. The van der Waals surface area contributed by atoms with Crippen molar-refractivity contribution in [3.8, 4) is 11.5 Å². The zero-order valence-electron chi connectivity index (χ0n) is 14.6. The molecular formula is C20H24N2O3. The Bertz CT molecular complexity index is 709. The summed E-state index contributed by atoms with van der Waals surface area (Å²) in [6, 6.07) is 12.2. The Hall–Kier alpha value is -2.11. The van der Waals surface area contributed by atoms with Crippen LogP contribution in [0.1, 0.15) is 5.56 Å². The molecule has 1 aromatic heterocycles. The Morgan fingerprint density at radius 1 is 1.28 bits per heavy atom. The average Bonchev–Trinajstić information content (AvgIpc) is 3.18. The number of benzene rings is 1. The van der Waals surface area contributed by atoms with E-state index in [2.05, 4.69) is 28.1 Å². The smallest absolute Gasteiger partial charge is 0.137 e. The van der Waals surface area contributed by atoms with Crippen LogP contribution in [0.15, 0.2) is 48.8 Å². The molecule has 2 aliphatic rings.